The predicted octanol–water partition coefficient (Wildman–Crippen LogP) is 1.44. The Labute approximate surface area is 95.8 Å². The highest BCUT2D eigenvalue weighted by Crippen LogP contribution is 2.09. The second-order valence-electron chi connectivity index (χ2n) is 4.23. The second-order valence-corrected chi connectivity index (χ2v) is 4.23. The summed E-state index contributed by atoms with van der Waals surface area (Å²) in [6.07, 6.45) is 1.37. The highest BCUT2D eigenvalue weighted by atomic mass is 16.5. The van der Waals surface area contributed by atoms with E-state index in [0.717, 1.165) is 6.42 Å². The Morgan fingerprint density at radius 2 is 2.19 bits per heavy atom. The number of carbonyl (C=O) groups is 1. The van der Waals surface area contributed by atoms with E-state index in [9.17, 15) is 4.79 Å². The van der Waals surface area contributed by atoms with Crippen LogP contribution in [-0.2, 0) is 16.0 Å². The summed E-state index contributed by atoms with van der Waals surface area (Å²) < 4.78 is 5.00. The summed E-state index contributed by atoms with van der Waals surface area (Å²) in [5, 5.41) is 2.94. The largest absolute Gasteiger partial charge is 0.377 e. The van der Waals surface area contributed by atoms with Crippen molar-refractivity contribution in [3.63, 3.8) is 0 Å². The molecular weight excluding hydrogens is 202 g/mol. The van der Waals surface area contributed by atoms with Crippen LogP contribution in [0.4, 0.5) is 0 Å². The normalized spacial score (nSPS) is 15.6. The number of ether oxygens (including phenoxy) is 1. The summed E-state index contributed by atoms with van der Waals surface area (Å²) >= 11 is 0. The van der Waals surface area contributed by atoms with Gasteiger partial charge in [0, 0.05) is 6.42 Å². The van der Waals surface area contributed by atoms with E-state index in [2.05, 4.69) is 24.4 Å². The molecule has 1 aromatic rings. The number of benzene rings is 1. The monoisotopic (exact) mass is 219 g/mol. The molecule has 0 aliphatic carbocycles. The average Bonchev–Trinajstić information content (AvgIpc) is 2.22. The van der Waals surface area contributed by atoms with Crippen LogP contribution >= 0.6 is 0 Å². The van der Waals surface area contributed by atoms with Gasteiger partial charge in [0.25, 0.3) is 0 Å². The Balaban J connectivity index is 1.78. The zero-order chi connectivity index (χ0) is 11.4. The van der Waals surface area contributed by atoms with Gasteiger partial charge in [0.15, 0.2) is 0 Å². The minimum Gasteiger partial charge on any atom is -0.377 e. The van der Waals surface area contributed by atoms with Crippen molar-refractivity contribution in [1.82, 2.24) is 5.32 Å². The van der Waals surface area contributed by atoms with Crippen molar-refractivity contribution >= 4 is 5.91 Å². The standard InChI is InChI=1S/C13H17NO2/c1-10-4-2-3-5-11(10)6-7-13(15)14-12-8-16-9-12/h2-5,12H,6-9H2,1H3,(H,14,15). The lowest BCUT2D eigenvalue weighted by atomic mass is 10.0. The van der Waals surface area contributed by atoms with Gasteiger partial charge in [0.05, 0.1) is 19.3 Å². The van der Waals surface area contributed by atoms with Gasteiger partial charge in [-0.1, -0.05) is 24.3 Å². The fraction of sp³-hybridized carbons (Fsp3) is 0.462. The Morgan fingerprint density at radius 3 is 2.81 bits per heavy atom. The van der Waals surface area contributed by atoms with Crippen LogP contribution in [0.15, 0.2) is 24.3 Å². The summed E-state index contributed by atoms with van der Waals surface area (Å²) in [6.45, 7) is 3.40. The summed E-state index contributed by atoms with van der Waals surface area (Å²) in [5.74, 6) is 0.122. The molecule has 0 atom stereocenters. The lowest BCUT2D eigenvalue weighted by Crippen LogP contribution is -2.48. The van der Waals surface area contributed by atoms with Crippen molar-refractivity contribution in [3.8, 4) is 0 Å². The van der Waals surface area contributed by atoms with Crippen molar-refractivity contribution in [3.05, 3.63) is 35.4 Å². The molecule has 16 heavy (non-hydrogen) atoms. The Kier molecular flexibility index (Phi) is 3.57. The van der Waals surface area contributed by atoms with Gasteiger partial charge in [-0.05, 0) is 24.5 Å². The number of amides is 1. The molecule has 1 heterocycles. The lowest BCUT2D eigenvalue weighted by Gasteiger charge is -2.26. The van der Waals surface area contributed by atoms with Crippen LogP contribution in [0.1, 0.15) is 17.5 Å². The van der Waals surface area contributed by atoms with E-state index in [4.69, 9.17) is 4.74 Å². The maximum absolute atomic E-state index is 11.6. The van der Waals surface area contributed by atoms with Crippen LogP contribution in [0.25, 0.3) is 0 Å². The van der Waals surface area contributed by atoms with E-state index >= 15 is 0 Å². The number of hydrogen-bond donors (Lipinski definition) is 1. The number of rotatable bonds is 4. The Morgan fingerprint density at radius 1 is 1.44 bits per heavy atom. The number of carbonyl (C=O) groups excluding carboxylic acids is 1. The molecule has 1 aliphatic heterocycles. The van der Waals surface area contributed by atoms with Crippen molar-refractivity contribution < 1.29 is 9.53 Å². The quantitative estimate of drug-likeness (QED) is 0.832. The van der Waals surface area contributed by atoms with E-state index in [1.807, 2.05) is 12.1 Å². The van der Waals surface area contributed by atoms with E-state index < -0.39 is 0 Å². The first-order valence-corrected chi connectivity index (χ1v) is 5.67. The van der Waals surface area contributed by atoms with Crippen LogP contribution in [0.3, 0.4) is 0 Å². The first-order chi connectivity index (χ1) is 7.75. The molecule has 0 radical (unpaired) electrons. The average molecular weight is 219 g/mol. The van der Waals surface area contributed by atoms with Crippen molar-refractivity contribution in [2.24, 2.45) is 0 Å². The van der Waals surface area contributed by atoms with Crippen LogP contribution < -0.4 is 5.32 Å². The smallest absolute Gasteiger partial charge is 0.220 e. The molecule has 1 amide bonds. The van der Waals surface area contributed by atoms with Gasteiger partial charge >= 0.3 is 0 Å². The molecule has 86 valence electrons. The molecule has 3 nitrogen and oxygen atoms in total. The third kappa shape index (κ3) is 2.83. The molecule has 0 bridgehead atoms. The third-order valence-electron chi connectivity index (χ3n) is 2.89. The molecule has 1 fully saturated rings. The first kappa shape index (κ1) is 11.1. The van der Waals surface area contributed by atoms with E-state index in [-0.39, 0.29) is 11.9 Å². The fourth-order valence-corrected chi connectivity index (χ4v) is 1.76. The molecule has 0 aromatic heterocycles. The molecule has 1 saturated heterocycles. The van der Waals surface area contributed by atoms with Crippen molar-refractivity contribution in [2.75, 3.05) is 13.2 Å². The Bertz CT molecular complexity index is 372. The van der Waals surface area contributed by atoms with Gasteiger partial charge in [-0.3, -0.25) is 4.79 Å². The van der Waals surface area contributed by atoms with Gasteiger partial charge in [-0.25, -0.2) is 0 Å². The van der Waals surface area contributed by atoms with Gasteiger partial charge in [-0.2, -0.15) is 0 Å². The van der Waals surface area contributed by atoms with Crippen LogP contribution in [0, 0.1) is 6.92 Å². The van der Waals surface area contributed by atoms with Gasteiger partial charge in [-0.15, -0.1) is 0 Å². The van der Waals surface area contributed by atoms with Crippen molar-refractivity contribution in [1.29, 1.82) is 0 Å². The molecule has 1 aromatic carbocycles. The number of nitrogens with one attached hydrogen (secondary N) is 1. The SMILES string of the molecule is Cc1ccccc1CCC(=O)NC1COC1. The summed E-state index contributed by atoms with van der Waals surface area (Å²) in [7, 11) is 0. The zero-order valence-electron chi connectivity index (χ0n) is 9.53. The molecule has 0 spiro atoms. The summed E-state index contributed by atoms with van der Waals surface area (Å²) in [6, 6.07) is 8.43. The van der Waals surface area contributed by atoms with E-state index in [1.54, 1.807) is 0 Å². The maximum Gasteiger partial charge on any atom is 0.220 e. The fourth-order valence-electron chi connectivity index (χ4n) is 1.76. The highest BCUT2D eigenvalue weighted by molar-refractivity contribution is 5.76. The van der Waals surface area contributed by atoms with Gasteiger partial charge < -0.3 is 10.1 Å². The Hall–Kier alpha value is -1.35. The number of aryl methyl sites for hydroxylation is 2. The predicted molar refractivity (Wildman–Crippen MR) is 62.2 cm³/mol. The molecule has 1 aliphatic rings. The minimum atomic E-state index is 0.122. The topological polar surface area (TPSA) is 38.3 Å². The lowest BCUT2D eigenvalue weighted by molar-refractivity contribution is -0.125. The van der Waals surface area contributed by atoms with Crippen LogP contribution in [0.5, 0.6) is 0 Å². The van der Waals surface area contributed by atoms with Gasteiger partial charge in [0.2, 0.25) is 5.91 Å². The highest BCUT2D eigenvalue weighted by Gasteiger charge is 2.19. The molecule has 3 heteroatoms. The number of hydrogen-bond acceptors (Lipinski definition) is 2. The molecule has 0 saturated carbocycles. The summed E-state index contributed by atoms with van der Waals surface area (Å²) in [4.78, 5) is 11.6. The van der Waals surface area contributed by atoms with Crippen LogP contribution in [-0.4, -0.2) is 25.2 Å². The molecule has 0 unspecified atom stereocenters. The third-order valence-corrected chi connectivity index (χ3v) is 2.89. The van der Waals surface area contributed by atoms with Crippen LogP contribution in [0.2, 0.25) is 0 Å². The van der Waals surface area contributed by atoms with E-state index in [0.29, 0.717) is 19.6 Å². The molecular formula is C13H17NO2. The zero-order valence-corrected chi connectivity index (χ0v) is 9.53. The van der Waals surface area contributed by atoms with Crippen molar-refractivity contribution in [2.45, 2.75) is 25.8 Å². The van der Waals surface area contributed by atoms with Gasteiger partial charge in [0.1, 0.15) is 0 Å². The first-order valence-electron chi connectivity index (χ1n) is 5.67. The second kappa shape index (κ2) is 5.12. The maximum atomic E-state index is 11.6. The summed E-state index contributed by atoms with van der Waals surface area (Å²) in [5.41, 5.74) is 2.50. The van der Waals surface area contributed by atoms with E-state index in [1.165, 1.54) is 11.1 Å². The minimum absolute atomic E-state index is 0.122. The molecule has 1 N–H and O–H groups in total. The molecule has 2 rings (SSSR count).